The molecule has 120 valence electrons. The molecule has 0 radical (unpaired) electrons. The molecule has 0 unspecified atom stereocenters. The molecule has 3 aromatic rings. The van der Waals surface area contributed by atoms with Crippen molar-refractivity contribution in [2.24, 2.45) is 0 Å². The third-order valence-electron chi connectivity index (χ3n) is 4.34. The minimum absolute atomic E-state index is 1.41. The van der Waals surface area contributed by atoms with Crippen molar-refractivity contribution >= 4 is 23.2 Å². The normalized spacial score (nSPS) is 12.7. The third-order valence-corrected chi connectivity index (χ3v) is 8.76. The Labute approximate surface area is 145 Å². The van der Waals surface area contributed by atoms with Crippen LogP contribution in [0, 0.1) is 0 Å². The molecule has 0 amide bonds. The van der Waals surface area contributed by atoms with Crippen molar-refractivity contribution in [1.29, 1.82) is 0 Å². The van der Waals surface area contributed by atoms with Crippen LogP contribution < -0.4 is 15.9 Å². The number of hydrogen-bond donors (Lipinski definition) is 0. The molecule has 3 rings (SSSR count). The fourth-order valence-corrected chi connectivity index (χ4v) is 7.33. The van der Waals surface area contributed by atoms with Gasteiger partial charge in [-0.3, -0.25) is 0 Å². The maximum atomic E-state index is 2.44. The quantitative estimate of drug-likeness (QED) is 0.465. The van der Waals surface area contributed by atoms with Crippen molar-refractivity contribution in [2.75, 3.05) is 0 Å². The Balaban J connectivity index is 2.32. The molecule has 0 nitrogen and oxygen atoms in total. The van der Waals surface area contributed by atoms with Crippen LogP contribution in [-0.4, -0.2) is 0 Å². The van der Waals surface area contributed by atoms with Gasteiger partial charge in [0.05, 0.1) is 0 Å². The van der Waals surface area contributed by atoms with Gasteiger partial charge in [-0.15, -0.1) is 0 Å². The number of hydrogen-bond acceptors (Lipinski definition) is 0. The first kappa shape index (κ1) is 16.4. The van der Waals surface area contributed by atoms with E-state index in [1.807, 2.05) is 0 Å². The summed E-state index contributed by atoms with van der Waals surface area (Å²) in [6.07, 6.45) is 6.41. The number of benzene rings is 3. The summed E-state index contributed by atoms with van der Waals surface area (Å²) in [7, 11) is -2.19. The van der Waals surface area contributed by atoms with E-state index in [1.165, 1.54) is 15.9 Å². The molecule has 0 aliphatic carbocycles. The summed E-state index contributed by atoms with van der Waals surface area (Å²) >= 11 is 0. The van der Waals surface area contributed by atoms with Crippen LogP contribution in [0.1, 0.15) is 6.92 Å². The SMILES string of the molecule is CC=CC=C[PH](c1ccccc1)(c1ccccc1)c1ccccc1. The fraction of sp³-hybridized carbons (Fsp3) is 0.0435. The van der Waals surface area contributed by atoms with Crippen molar-refractivity contribution in [2.45, 2.75) is 6.92 Å². The average molecular weight is 330 g/mol. The minimum atomic E-state index is -2.19. The van der Waals surface area contributed by atoms with E-state index in [1.54, 1.807) is 0 Å². The first-order chi connectivity index (χ1) is 11.9. The molecule has 0 aromatic heterocycles. The van der Waals surface area contributed by atoms with E-state index in [-0.39, 0.29) is 0 Å². The average Bonchev–Trinajstić information content (AvgIpc) is 2.68. The van der Waals surface area contributed by atoms with Gasteiger partial charge in [0.15, 0.2) is 0 Å². The van der Waals surface area contributed by atoms with E-state index >= 15 is 0 Å². The molecule has 0 saturated heterocycles. The molecule has 3 aromatic carbocycles. The Bertz CT molecular complexity index is 706. The first-order valence-corrected chi connectivity index (χ1v) is 10.4. The Morgan fingerprint density at radius 3 is 1.25 bits per heavy atom. The molecule has 0 atom stereocenters. The zero-order valence-electron chi connectivity index (χ0n) is 14.0. The van der Waals surface area contributed by atoms with Crippen LogP contribution in [0.25, 0.3) is 0 Å². The van der Waals surface area contributed by atoms with E-state index in [9.17, 15) is 0 Å². The van der Waals surface area contributed by atoms with Crippen molar-refractivity contribution in [1.82, 2.24) is 0 Å². The summed E-state index contributed by atoms with van der Waals surface area (Å²) in [4.78, 5) is 0. The number of rotatable bonds is 5. The van der Waals surface area contributed by atoms with Gasteiger partial charge in [-0.2, -0.15) is 0 Å². The van der Waals surface area contributed by atoms with Crippen LogP contribution >= 0.6 is 7.26 Å². The Hall–Kier alpha value is -2.43. The summed E-state index contributed by atoms with van der Waals surface area (Å²) in [5.41, 5.74) is 0. The molecule has 0 aliphatic rings. The molecule has 0 aliphatic heterocycles. The van der Waals surface area contributed by atoms with Crippen LogP contribution in [0.3, 0.4) is 0 Å². The predicted molar refractivity (Wildman–Crippen MR) is 110 cm³/mol. The summed E-state index contributed by atoms with van der Waals surface area (Å²) in [5.74, 6) is 2.44. The molecule has 0 saturated carbocycles. The standard InChI is InChI=1S/C23H23P/c1-2-3-13-20-24(21-14-7-4-8-15-21,22-16-9-5-10-17-22)23-18-11-6-12-19-23/h2-20,24H,1H3. The van der Waals surface area contributed by atoms with E-state index in [4.69, 9.17) is 0 Å². The summed E-state index contributed by atoms with van der Waals surface area (Å²) < 4.78 is 0. The second-order valence-corrected chi connectivity index (χ2v) is 9.47. The van der Waals surface area contributed by atoms with E-state index < -0.39 is 7.26 Å². The van der Waals surface area contributed by atoms with E-state index in [0.717, 1.165) is 0 Å². The molecule has 0 N–H and O–H groups in total. The van der Waals surface area contributed by atoms with Crippen LogP contribution in [-0.2, 0) is 0 Å². The zero-order chi connectivity index (χ0) is 16.7. The van der Waals surface area contributed by atoms with Crippen LogP contribution in [0.2, 0.25) is 0 Å². The molecule has 0 heterocycles. The molecule has 0 bridgehead atoms. The van der Waals surface area contributed by atoms with E-state index in [2.05, 4.69) is 122 Å². The van der Waals surface area contributed by atoms with Gasteiger partial charge in [0.2, 0.25) is 0 Å². The van der Waals surface area contributed by atoms with Gasteiger partial charge in [0.25, 0.3) is 0 Å². The van der Waals surface area contributed by atoms with Crippen LogP contribution in [0.4, 0.5) is 0 Å². The molecular weight excluding hydrogens is 307 g/mol. The fourth-order valence-electron chi connectivity index (χ4n) is 3.20. The van der Waals surface area contributed by atoms with Gasteiger partial charge < -0.3 is 0 Å². The second kappa shape index (κ2) is 7.90. The van der Waals surface area contributed by atoms with Crippen molar-refractivity contribution < 1.29 is 0 Å². The molecule has 24 heavy (non-hydrogen) atoms. The zero-order valence-corrected chi connectivity index (χ0v) is 15.0. The topological polar surface area (TPSA) is 0 Å². The molecular formula is C23H23P. The van der Waals surface area contributed by atoms with Crippen LogP contribution in [0.5, 0.6) is 0 Å². The van der Waals surface area contributed by atoms with Gasteiger partial charge in [-0.05, 0) is 0 Å². The monoisotopic (exact) mass is 330 g/mol. The van der Waals surface area contributed by atoms with Gasteiger partial charge in [0.1, 0.15) is 0 Å². The Morgan fingerprint density at radius 2 is 0.917 bits per heavy atom. The van der Waals surface area contributed by atoms with Gasteiger partial charge in [-0.1, -0.05) is 0 Å². The summed E-state index contributed by atoms with van der Waals surface area (Å²) in [5, 5.41) is 4.22. The molecule has 1 heteroatoms. The molecule has 0 fully saturated rings. The molecule has 0 spiro atoms. The maximum absolute atomic E-state index is 2.44. The van der Waals surface area contributed by atoms with E-state index in [0.29, 0.717) is 0 Å². The van der Waals surface area contributed by atoms with Crippen molar-refractivity contribution in [3.63, 3.8) is 0 Å². The van der Waals surface area contributed by atoms with Crippen molar-refractivity contribution in [3.05, 3.63) is 115 Å². The third kappa shape index (κ3) is 3.25. The predicted octanol–water partition coefficient (Wildman–Crippen LogP) is 4.80. The van der Waals surface area contributed by atoms with Gasteiger partial charge in [-0.25, -0.2) is 0 Å². The van der Waals surface area contributed by atoms with Crippen molar-refractivity contribution in [3.8, 4) is 0 Å². The summed E-state index contributed by atoms with van der Waals surface area (Å²) in [6.45, 7) is 2.06. The number of allylic oxidation sites excluding steroid dienone is 3. The summed E-state index contributed by atoms with van der Waals surface area (Å²) in [6, 6.07) is 32.8. The van der Waals surface area contributed by atoms with Gasteiger partial charge in [0, 0.05) is 0 Å². The van der Waals surface area contributed by atoms with Gasteiger partial charge >= 0.3 is 145 Å². The Morgan fingerprint density at radius 1 is 0.542 bits per heavy atom. The first-order valence-electron chi connectivity index (χ1n) is 8.35. The second-order valence-electron chi connectivity index (χ2n) is 5.79. The van der Waals surface area contributed by atoms with Crippen LogP contribution in [0.15, 0.2) is 115 Å². The Kier molecular flexibility index (Phi) is 5.41.